The Morgan fingerprint density at radius 3 is 2.30 bits per heavy atom. The average molecular weight is 461 g/mol. The summed E-state index contributed by atoms with van der Waals surface area (Å²) in [5, 5.41) is 12.2. The molecule has 33 heavy (non-hydrogen) atoms. The highest BCUT2D eigenvalue weighted by Crippen LogP contribution is 2.38. The largest absolute Gasteiger partial charge is 0.497 e. The monoisotopic (exact) mass is 460 g/mol. The van der Waals surface area contributed by atoms with Crippen LogP contribution in [-0.2, 0) is 4.79 Å². The number of hydrogen-bond donors (Lipinski definition) is 0. The molecule has 0 saturated carbocycles. The number of anilines is 1. The molecule has 1 aliphatic heterocycles. The molecule has 0 spiro atoms. The van der Waals surface area contributed by atoms with Crippen LogP contribution in [0.25, 0.3) is 11.8 Å². The van der Waals surface area contributed by atoms with Crippen LogP contribution in [0.2, 0.25) is 5.02 Å². The van der Waals surface area contributed by atoms with Crippen molar-refractivity contribution < 1.29 is 14.5 Å². The van der Waals surface area contributed by atoms with E-state index in [1.54, 1.807) is 51.3 Å². The van der Waals surface area contributed by atoms with Gasteiger partial charge in [0.05, 0.1) is 23.4 Å². The molecular weight excluding hydrogens is 440 g/mol. The van der Waals surface area contributed by atoms with E-state index in [9.17, 15) is 14.9 Å². The smallest absolute Gasteiger partial charge is 0.274 e. The molecule has 0 fully saturated rings. The van der Waals surface area contributed by atoms with Gasteiger partial charge in [0, 0.05) is 22.2 Å². The first-order chi connectivity index (χ1) is 15.8. The van der Waals surface area contributed by atoms with Crippen LogP contribution < -0.4 is 9.64 Å². The summed E-state index contributed by atoms with van der Waals surface area (Å²) in [6.07, 6.45) is 3.57. The number of halogens is 1. The van der Waals surface area contributed by atoms with Gasteiger partial charge < -0.3 is 4.74 Å². The summed E-state index contributed by atoms with van der Waals surface area (Å²) in [7, 11) is 1.59. The molecule has 0 saturated heterocycles. The van der Waals surface area contributed by atoms with Crippen LogP contribution >= 0.6 is 11.6 Å². The highest BCUT2D eigenvalue weighted by molar-refractivity contribution is 6.30. The van der Waals surface area contributed by atoms with Gasteiger partial charge in [0.15, 0.2) is 0 Å². The number of rotatable bonds is 5. The summed E-state index contributed by atoms with van der Waals surface area (Å²) in [5.74, 6) is 0.449. The number of methoxy groups -OCH3 is 1. The number of benzene rings is 3. The van der Waals surface area contributed by atoms with Gasteiger partial charge >= 0.3 is 0 Å². The van der Waals surface area contributed by atoms with Gasteiger partial charge in [0.2, 0.25) is 0 Å². The number of nitro groups is 1. The van der Waals surface area contributed by atoms with Crippen molar-refractivity contribution in [1.82, 2.24) is 0 Å². The Morgan fingerprint density at radius 1 is 1.03 bits per heavy atom. The lowest BCUT2D eigenvalue weighted by Gasteiger charge is -2.22. The lowest BCUT2D eigenvalue weighted by Crippen LogP contribution is -2.25. The standard InChI is InChI=1S/C26H21ClN2O4/c1-16-12-22(15-24(17(16)2)29(31)32)28-25(19-6-8-21(27)9-7-19)14-20(26(28)30)13-18-4-10-23(33-3)11-5-18/h4-15H,1-3H3/b20-13-. The van der Waals surface area contributed by atoms with Gasteiger partial charge in [0.25, 0.3) is 11.6 Å². The zero-order chi connectivity index (χ0) is 23.7. The molecule has 3 aromatic rings. The van der Waals surface area contributed by atoms with E-state index in [1.165, 1.54) is 11.0 Å². The maximum atomic E-state index is 13.5. The molecule has 0 aromatic heterocycles. The Balaban J connectivity index is 1.85. The van der Waals surface area contributed by atoms with Crippen LogP contribution in [0.4, 0.5) is 11.4 Å². The first-order valence-corrected chi connectivity index (χ1v) is 10.6. The highest BCUT2D eigenvalue weighted by Gasteiger charge is 2.32. The van der Waals surface area contributed by atoms with Gasteiger partial charge in [-0.15, -0.1) is 0 Å². The van der Waals surface area contributed by atoms with Crippen molar-refractivity contribution in [3.8, 4) is 5.75 Å². The lowest BCUT2D eigenvalue weighted by atomic mass is 10.1. The van der Waals surface area contributed by atoms with Crippen molar-refractivity contribution in [2.45, 2.75) is 13.8 Å². The van der Waals surface area contributed by atoms with Crippen molar-refractivity contribution in [1.29, 1.82) is 0 Å². The average Bonchev–Trinajstić information content (AvgIpc) is 3.12. The highest BCUT2D eigenvalue weighted by atomic mass is 35.5. The summed E-state index contributed by atoms with van der Waals surface area (Å²) in [6, 6.07) is 17.7. The second kappa shape index (κ2) is 8.92. The molecule has 0 bridgehead atoms. The molecule has 0 N–H and O–H groups in total. The predicted molar refractivity (Wildman–Crippen MR) is 130 cm³/mol. The molecule has 0 unspecified atom stereocenters. The van der Waals surface area contributed by atoms with Crippen LogP contribution in [0, 0.1) is 24.0 Å². The fraction of sp³-hybridized carbons (Fsp3) is 0.115. The minimum atomic E-state index is -0.424. The predicted octanol–water partition coefficient (Wildman–Crippen LogP) is 6.34. The van der Waals surface area contributed by atoms with Gasteiger partial charge in [-0.25, -0.2) is 0 Å². The SMILES string of the molecule is COc1ccc(/C=C2/C=C(c3ccc(Cl)cc3)N(c3cc(C)c(C)c([N+](=O)[O-])c3)C2=O)cc1. The Labute approximate surface area is 196 Å². The summed E-state index contributed by atoms with van der Waals surface area (Å²) in [4.78, 5) is 26.3. The summed E-state index contributed by atoms with van der Waals surface area (Å²) >= 11 is 6.06. The zero-order valence-electron chi connectivity index (χ0n) is 18.3. The van der Waals surface area contributed by atoms with E-state index in [4.69, 9.17) is 16.3 Å². The second-order valence-corrected chi connectivity index (χ2v) is 8.15. The lowest BCUT2D eigenvalue weighted by molar-refractivity contribution is -0.385. The topological polar surface area (TPSA) is 72.7 Å². The van der Waals surface area contributed by atoms with Crippen LogP contribution in [0.5, 0.6) is 5.75 Å². The number of aryl methyl sites for hydroxylation is 1. The van der Waals surface area contributed by atoms with Crippen LogP contribution in [0.3, 0.4) is 0 Å². The van der Waals surface area contributed by atoms with E-state index in [0.717, 1.165) is 22.4 Å². The van der Waals surface area contributed by atoms with Crippen molar-refractivity contribution >= 4 is 40.7 Å². The van der Waals surface area contributed by atoms with Crippen molar-refractivity contribution in [3.63, 3.8) is 0 Å². The maximum absolute atomic E-state index is 13.5. The Morgan fingerprint density at radius 2 is 1.70 bits per heavy atom. The van der Waals surface area contributed by atoms with E-state index in [0.29, 0.717) is 27.5 Å². The molecule has 1 amide bonds. The number of carbonyl (C=O) groups is 1. The van der Waals surface area contributed by atoms with Crippen LogP contribution in [0.15, 0.2) is 72.3 Å². The van der Waals surface area contributed by atoms with Crippen molar-refractivity contribution in [2.24, 2.45) is 0 Å². The number of ether oxygens (including phenoxy) is 1. The minimum absolute atomic E-state index is 0.0270. The summed E-state index contributed by atoms with van der Waals surface area (Å²) < 4.78 is 5.20. The third-order valence-corrected chi connectivity index (χ3v) is 5.89. The Hall–Kier alpha value is -3.90. The summed E-state index contributed by atoms with van der Waals surface area (Å²) in [6.45, 7) is 3.50. The number of nitro benzene ring substituents is 1. The first-order valence-electron chi connectivity index (χ1n) is 10.2. The van der Waals surface area contributed by atoms with Crippen LogP contribution in [0.1, 0.15) is 22.3 Å². The van der Waals surface area contributed by atoms with E-state index >= 15 is 0 Å². The van der Waals surface area contributed by atoms with Gasteiger partial charge in [-0.3, -0.25) is 19.8 Å². The van der Waals surface area contributed by atoms with Crippen molar-refractivity contribution in [2.75, 3.05) is 12.0 Å². The number of amides is 1. The first kappa shape index (κ1) is 22.3. The molecule has 4 rings (SSSR count). The van der Waals surface area contributed by atoms with E-state index in [1.807, 2.05) is 36.4 Å². The molecule has 6 nitrogen and oxygen atoms in total. The number of carbonyl (C=O) groups excluding carboxylic acids is 1. The molecule has 0 radical (unpaired) electrons. The van der Waals surface area contributed by atoms with Crippen LogP contribution in [-0.4, -0.2) is 17.9 Å². The Bertz CT molecular complexity index is 1310. The van der Waals surface area contributed by atoms with Gasteiger partial charge in [-0.2, -0.15) is 0 Å². The molecule has 1 heterocycles. The minimum Gasteiger partial charge on any atom is -0.497 e. The number of hydrogen-bond acceptors (Lipinski definition) is 4. The van der Waals surface area contributed by atoms with E-state index in [-0.39, 0.29) is 11.6 Å². The quantitative estimate of drug-likeness (QED) is 0.253. The molecule has 1 aliphatic rings. The molecular formula is C26H21ClN2O4. The molecule has 0 aliphatic carbocycles. The number of nitrogens with zero attached hydrogens (tertiary/aromatic N) is 2. The van der Waals surface area contributed by atoms with Gasteiger partial charge in [-0.05, 0) is 73.0 Å². The van der Waals surface area contributed by atoms with Gasteiger partial charge in [0.1, 0.15) is 5.75 Å². The third kappa shape index (κ3) is 4.38. The third-order valence-electron chi connectivity index (χ3n) is 5.64. The molecule has 7 heteroatoms. The fourth-order valence-electron chi connectivity index (χ4n) is 3.73. The van der Waals surface area contributed by atoms with E-state index in [2.05, 4.69) is 0 Å². The maximum Gasteiger partial charge on any atom is 0.274 e. The molecule has 3 aromatic carbocycles. The fourth-order valence-corrected chi connectivity index (χ4v) is 3.85. The molecule has 166 valence electrons. The Kier molecular flexibility index (Phi) is 6.03. The van der Waals surface area contributed by atoms with Gasteiger partial charge in [-0.1, -0.05) is 35.9 Å². The summed E-state index contributed by atoms with van der Waals surface area (Å²) in [5.41, 5.74) is 4.40. The molecule has 0 atom stereocenters. The van der Waals surface area contributed by atoms with E-state index < -0.39 is 4.92 Å². The van der Waals surface area contributed by atoms with Crippen molar-refractivity contribution in [3.05, 3.63) is 110 Å². The normalized spacial score (nSPS) is 14.5. The zero-order valence-corrected chi connectivity index (χ0v) is 19.1. The second-order valence-electron chi connectivity index (χ2n) is 7.71.